The SMILES string of the molecule is Cc1ccc(CN2CCOC(CNc3ncnc4nc(N(C)C)sc34)C2)cc1. The molecule has 1 aromatic carbocycles. The van der Waals surface area contributed by atoms with E-state index in [0.29, 0.717) is 6.54 Å². The van der Waals surface area contributed by atoms with Gasteiger partial charge in [0, 0.05) is 40.3 Å². The van der Waals surface area contributed by atoms with Crippen molar-refractivity contribution in [2.45, 2.75) is 19.6 Å². The topological polar surface area (TPSA) is 66.4 Å². The van der Waals surface area contributed by atoms with Gasteiger partial charge in [-0.15, -0.1) is 0 Å². The Morgan fingerprint density at radius 2 is 2.07 bits per heavy atom. The molecule has 0 aliphatic carbocycles. The fraction of sp³-hybridized carbons (Fsp3) is 0.450. The molecule has 0 spiro atoms. The molecule has 148 valence electrons. The number of aryl methyl sites for hydroxylation is 1. The van der Waals surface area contributed by atoms with Crippen LogP contribution >= 0.6 is 11.3 Å². The molecule has 28 heavy (non-hydrogen) atoms. The molecule has 8 heteroatoms. The van der Waals surface area contributed by atoms with Gasteiger partial charge in [0.2, 0.25) is 0 Å². The molecule has 1 aliphatic heterocycles. The van der Waals surface area contributed by atoms with E-state index in [2.05, 4.69) is 56.4 Å². The molecule has 3 aromatic rings. The van der Waals surface area contributed by atoms with Crippen molar-refractivity contribution in [3.05, 3.63) is 41.7 Å². The van der Waals surface area contributed by atoms with Gasteiger partial charge >= 0.3 is 0 Å². The molecule has 1 saturated heterocycles. The van der Waals surface area contributed by atoms with E-state index in [1.54, 1.807) is 17.7 Å². The van der Waals surface area contributed by atoms with Crippen molar-refractivity contribution in [2.24, 2.45) is 0 Å². The summed E-state index contributed by atoms with van der Waals surface area (Å²) in [4.78, 5) is 17.7. The molecular weight excluding hydrogens is 372 g/mol. The highest BCUT2D eigenvalue weighted by atomic mass is 32.1. The number of benzene rings is 1. The summed E-state index contributed by atoms with van der Waals surface area (Å²) in [6.07, 6.45) is 1.69. The summed E-state index contributed by atoms with van der Waals surface area (Å²) in [6, 6.07) is 8.77. The maximum Gasteiger partial charge on any atom is 0.187 e. The van der Waals surface area contributed by atoms with Crippen molar-refractivity contribution >= 4 is 32.6 Å². The first-order valence-electron chi connectivity index (χ1n) is 9.51. The van der Waals surface area contributed by atoms with E-state index in [0.717, 1.165) is 47.5 Å². The van der Waals surface area contributed by atoms with E-state index in [9.17, 15) is 0 Å². The number of nitrogens with one attached hydrogen (secondary N) is 1. The molecule has 7 nitrogen and oxygen atoms in total. The minimum atomic E-state index is 0.130. The fourth-order valence-corrected chi connectivity index (χ4v) is 4.18. The summed E-state index contributed by atoms with van der Waals surface area (Å²) < 4.78 is 6.96. The molecular formula is C20H26N6OS. The summed E-state index contributed by atoms with van der Waals surface area (Å²) in [5.41, 5.74) is 3.37. The Hall–Kier alpha value is -2.29. The number of ether oxygens (including phenoxy) is 1. The van der Waals surface area contributed by atoms with Gasteiger partial charge in [0.15, 0.2) is 10.8 Å². The Morgan fingerprint density at radius 1 is 1.25 bits per heavy atom. The van der Waals surface area contributed by atoms with E-state index in [1.807, 2.05) is 19.0 Å². The lowest BCUT2D eigenvalue weighted by molar-refractivity contribution is -0.0240. The lowest BCUT2D eigenvalue weighted by Crippen LogP contribution is -2.44. The highest BCUT2D eigenvalue weighted by Gasteiger charge is 2.21. The number of hydrogen-bond donors (Lipinski definition) is 1. The van der Waals surface area contributed by atoms with Crippen LogP contribution in [0.5, 0.6) is 0 Å². The van der Waals surface area contributed by atoms with Gasteiger partial charge in [-0.1, -0.05) is 41.2 Å². The maximum atomic E-state index is 5.97. The van der Waals surface area contributed by atoms with Crippen LogP contribution in [0.3, 0.4) is 0 Å². The smallest absolute Gasteiger partial charge is 0.187 e. The van der Waals surface area contributed by atoms with Crippen LogP contribution in [0.25, 0.3) is 10.3 Å². The van der Waals surface area contributed by atoms with Crippen molar-refractivity contribution in [1.82, 2.24) is 19.9 Å². The van der Waals surface area contributed by atoms with Crippen LogP contribution < -0.4 is 10.2 Å². The second-order valence-corrected chi connectivity index (χ2v) is 8.34. The zero-order valence-corrected chi connectivity index (χ0v) is 17.4. The second kappa shape index (κ2) is 8.38. The Labute approximate surface area is 169 Å². The van der Waals surface area contributed by atoms with Gasteiger partial charge in [-0.05, 0) is 12.5 Å². The first-order valence-corrected chi connectivity index (χ1v) is 10.3. The average Bonchev–Trinajstić information content (AvgIpc) is 3.14. The Balaban J connectivity index is 1.38. The van der Waals surface area contributed by atoms with Crippen LogP contribution in [0.2, 0.25) is 0 Å². The van der Waals surface area contributed by atoms with Gasteiger partial charge in [-0.3, -0.25) is 4.90 Å². The third kappa shape index (κ3) is 4.40. The number of aromatic nitrogens is 3. The third-order valence-electron chi connectivity index (χ3n) is 4.81. The molecule has 0 amide bonds. The number of morpholine rings is 1. The first kappa shape index (κ1) is 19.0. The van der Waals surface area contributed by atoms with Crippen LogP contribution in [-0.2, 0) is 11.3 Å². The summed E-state index contributed by atoms with van der Waals surface area (Å²) >= 11 is 1.60. The molecule has 0 saturated carbocycles. The Kier molecular flexibility index (Phi) is 5.70. The molecule has 0 bridgehead atoms. The van der Waals surface area contributed by atoms with Crippen molar-refractivity contribution in [3.8, 4) is 0 Å². The molecule has 2 aromatic heterocycles. The van der Waals surface area contributed by atoms with Crippen molar-refractivity contribution in [1.29, 1.82) is 0 Å². The highest BCUT2D eigenvalue weighted by molar-refractivity contribution is 7.22. The maximum absolute atomic E-state index is 5.97. The van der Waals surface area contributed by atoms with E-state index in [-0.39, 0.29) is 6.10 Å². The molecule has 1 unspecified atom stereocenters. The number of nitrogens with zero attached hydrogens (tertiary/aromatic N) is 5. The molecule has 1 fully saturated rings. The summed E-state index contributed by atoms with van der Waals surface area (Å²) in [6.45, 7) is 6.41. The standard InChI is InChI=1S/C20H26N6OS/c1-14-4-6-15(7-5-14)11-26-8-9-27-16(12-26)10-21-18-17-19(23-13-22-18)24-20(28-17)25(2)3/h4-7,13,16H,8-12H2,1-3H3,(H,21,22,23). The zero-order chi connectivity index (χ0) is 19.5. The molecule has 4 rings (SSSR count). The number of hydrogen-bond acceptors (Lipinski definition) is 8. The van der Waals surface area contributed by atoms with Gasteiger partial charge in [0.1, 0.15) is 16.8 Å². The largest absolute Gasteiger partial charge is 0.374 e. The monoisotopic (exact) mass is 398 g/mol. The Morgan fingerprint density at radius 3 is 2.86 bits per heavy atom. The van der Waals surface area contributed by atoms with Crippen LogP contribution in [0.15, 0.2) is 30.6 Å². The zero-order valence-electron chi connectivity index (χ0n) is 16.6. The lowest BCUT2D eigenvalue weighted by atomic mass is 10.1. The van der Waals surface area contributed by atoms with Crippen molar-refractivity contribution in [2.75, 3.05) is 50.6 Å². The predicted octanol–water partition coefficient (Wildman–Crippen LogP) is 2.77. The molecule has 1 N–H and O–H groups in total. The van der Waals surface area contributed by atoms with E-state index in [1.165, 1.54) is 11.1 Å². The minimum Gasteiger partial charge on any atom is -0.374 e. The fourth-order valence-electron chi connectivity index (χ4n) is 3.27. The van der Waals surface area contributed by atoms with Crippen molar-refractivity contribution in [3.63, 3.8) is 0 Å². The highest BCUT2D eigenvalue weighted by Crippen LogP contribution is 2.30. The molecule has 1 atom stereocenters. The molecule has 1 aliphatic rings. The van der Waals surface area contributed by atoms with E-state index in [4.69, 9.17) is 4.74 Å². The van der Waals surface area contributed by atoms with Gasteiger partial charge in [-0.25, -0.2) is 9.97 Å². The number of fused-ring (bicyclic) bond motifs is 1. The summed E-state index contributed by atoms with van der Waals surface area (Å²) in [5.74, 6) is 0.829. The van der Waals surface area contributed by atoms with Crippen LogP contribution in [0.1, 0.15) is 11.1 Å². The number of anilines is 2. The van der Waals surface area contributed by atoms with Crippen LogP contribution in [0, 0.1) is 6.92 Å². The average molecular weight is 399 g/mol. The van der Waals surface area contributed by atoms with E-state index < -0.39 is 0 Å². The van der Waals surface area contributed by atoms with Gasteiger partial charge < -0.3 is 15.0 Å². The number of rotatable bonds is 6. The van der Waals surface area contributed by atoms with E-state index >= 15 is 0 Å². The van der Waals surface area contributed by atoms with Crippen LogP contribution in [-0.4, -0.2) is 66.3 Å². The second-order valence-electron chi connectivity index (χ2n) is 7.36. The van der Waals surface area contributed by atoms with Gasteiger partial charge in [-0.2, -0.15) is 4.98 Å². The van der Waals surface area contributed by atoms with Crippen molar-refractivity contribution < 1.29 is 4.74 Å². The van der Waals surface area contributed by atoms with Gasteiger partial charge in [0.25, 0.3) is 0 Å². The first-order chi connectivity index (χ1) is 13.6. The van der Waals surface area contributed by atoms with Gasteiger partial charge in [0.05, 0.1) is 12.7 Å². The third-order valence-corrected chi connectivity index (χ3v) is 6.03. The predicted molar refractivity (Wildman–Crippen MR) is 114 cm³/mol. The van der Waals surface area contributed by atoms with Crippen LogP contribution in [0.4, 0.5) is 10.9 Å². The molecule has 3 heterocycles. The minimum absolute atomic E-state index is 0.130. The number of thiazole rings is 1. The lowest BCUT2D eigenvalue weighted by Gasteiger charge is -2.33. The quantitative estimate of drug-likeness (QED) is 0.685. The molecule has 0 radical (unpaired) electrons. The summed E-state index contributed by atoms with van der Waals surface area (Å²) in [5, 5.41) is 4.38. The summed E-state index contributed by atoms with van der Waals surface area (Å²) in [7, 11) is 3.97. The Bertz CT molecular complexity index is 926. The normalized spacial score (nSPS) is 17.8.